The maximum Gasteiger partial charge on any atom is 0.123 e. The third-order valence-electron chi connectivity index (χ3n) is 3.94. The summed E-state index contributed by atoms with van der Waals surface area (Å²) in [5.41, 5.74) is 1.20. The normalized spacial score (nSPS) is 17.2. The molecule has 19 heavy (non-hydrogen) atoms. The van der Waals surface area contributed by atoms with E-state index in [4.69, 9.17) is 0 Å². The smallest absolute Gasteiger partial charge is 0.123 e. The summed E-state index contributed by atoms with van der Waals surface area (Å²) < 4.78 is 13.4. The number of hydrogen-bond donors (Lipinski definition) is 1. The van der Waals surface area contributed by atoms with E-state index in [0.717, 1.165) is 31.5 Å². The lowest BCUT2D eigenvalue weighted by Gasteiger charge is -2.43. The van der Waals surface area contributed by atoms with E-state index in [0.29, 0.717) is 0 Å². The van der Waals surface area contributed by atoms with Crippen LogP contribution in [0, 0.1) is 5.82 Å². The summed E-state index contributed by atoms with van der Waals surface area (Å²) in [7, 11) is 0. The summed E-state index contributed by atoms with van der Waals surface area (Å²) in [6.07, 6.45) is 2.10. The third kappa shape index (κ3) is 2.45. The molecule has 0 unspecified atom stereocenters. The fourth-order valence-electron chi connectivity index (χ4n) is 2.72. The van der Waals surface area contributed by atoms with Crippen LogP contribution in [-0.2, 0) is 18.3 Å². The van der Waals surface area contributed by atoms with Gasteiger partial charge in [-0.05, 0) is 42.7 Å². The van der Waals surface area contributed by atoms with Crippen LogP contribution in [0.15, 0.2) is 36.4 Å². The number of benzene rings is 1. The van der Waals surface area contributed by atoms with Crippen molar-refractivity contribution in [3.05, 3.63) is 57.5 Å². The van der Waals surface area contributed by atoms with E-state index in [-0.39, 0.29) is 11.2 Å². The van der Waals surface area contributed by atoms with Gasteiger partial charge in [0.2, 0.25) is 0 Å². The first-order valence-electron chi connectivity index (χ1n) is 6.76. The predicted octanol–water partition coefficient (Wildman–Crippen LogP) is 3.53. The largest absolute Gasteiger partial charge is 0.315 e. The molecule has 1 fully saturated rings. The van der Waals surface area contributed by atoms with Crippen molar-refractivity contribution in [1.29, 1.82) is 0 Å². The van der Waals surface area contributed by atoms with Gasteiger partial charge in [0.15, 0.2) is 0 Å². The lowest BCUT2D eigenvalue weighted by atomic mass is 9.72. The fraction of sp³-hybridized carbons (Fsp3) is 0.375. The van der Waals surface area contributed by atoms with Crippen LogP contribution >= 0.6 is 11.3 Å². The average molecular weight is 275 g/mol. The zero-order valence-corrected chi connectivity index (χ0v) is 11.9. The second-order valence-electron chi connectivity index (χ2n) is 5.29. The van der Waals surface area contributed by atoms with Gasteiger partial charge in [-0.1, -0.05) is 19.1 Å². The molecule has 0 atom stereocenters. The van der Waals surface area contributed by atoms with Crippen molar-refractivity contribution in [2.75, 3.05) is 13.1 Å². The van der Waals surface area contributed by atoms with E-state index in [9.17, 15) is 4.39 Å². The van der Waals surface area contributed by atoms with Crippen LogP contribution < -0.4 is 5.32 Å². The molecular weight excluding hydrogens is 257 g/mol. The van der Waals surface area contributed by atoms with Crippen molar-refractivity contribution in [2.24, 2.45) is 0 Å². The van der Waals surface area contributed by atoms with Crippen LogP contribution in [0.4, 0.5) is 4.39 Å². The van der Waals surface area contributed by atoms with Crippen LogP contribution in [0.1, 0.15) is 22.2 Å². The topological polar surface area (TPSA) is 12.0 Å². The number of hydrogen-bond acceptors (Lipinski definition) is 2. The molecule has 1 nitrogen and oxygen atoms in total. The number of thiophene rings is 1. The molecule has 3 heteroatoms. The molecule has 1 N–H and O–H groups in total. The first kappa shape index (κ1) is 12.8. The summed E-state index contributed by atoms with van der Waals surface area (Å²) in [5.74, 6) is -0.135. The number of aryl methyl sites for hydroxylation is 1. The Kier molecular flexibility index (Phi) is 3.42. The Morgan fingerprint density at radius 2 is 2.00 bits per heavy atom. The highest BCUT2D eigenvalue weighted by Crippen LogP contribution is 2.34. The molecule has 0 bridgehead atoms. The molecular formula is C16H18FNS. The molecule has 2 heterocycles. The molecule has 1 aromatic heterocycles. The highest BCUT2D eigenvalue weighted by molar-refractivity contribution is 7.12. The molecule has 1 saturated heterocycles. The quantitative estimate of drug-likeness (QED) is 0.900. The Balaban J connectivity index is 1.87. The van der Waals surface area contributed by atoms with Gasteiger partial charge in [-0.15, -0.1) is 11.3 Å². The van der Waals surface area contributed by atoms with E-state index in [1.165, 1.54) is 15.8 Å². The monoisotopic (exact) mass is 275 g/mol. The van der Waals surface area contributed by atoms with Gasteiger partial charge in [0.1, 0.15) is 5.82 Å². The van der Waals surface area contributed by atoms with Crippen molar-refractivity contribution >= 4 is 11.3 Å². The molecule has 1 aliphatic heterocycles. The summed E-state index contributed by atoms with van der Waals surface area (Å²) in [6, 6.07) is 11.5. The maximum absolute atomic E-state index is 13.4. The molecule has 0 radical (unpaired) electrons. The van der Waals surface area contributed by atoms with Crippen molar-refractivity contribution < 1.29 is 4.39 Å². The lowest BCUT2D eigenvalue weighted by molar-refractivity contribution is 0.275. The number of halogens is 1. The molecule has 0 saturated carbocycles. The molecule has 0 aliphatic carbocycles. The fourth-order valence-corrected chi connectivity index (χ4v) is 3.82. The summed E-state index contributed by atoms with van der Waals surface area (Å²) >= 11 is 1.89. The Hall–Kier alpha value is -1.19. The van der Waals surface area contributed by atoms with Crippen molar-refractivity contribution in [3.8, 4) is 0 Å². The van der Waals surface area contributed by atoms with E-state index >= 15 is 0 Å². The Bertz CT molecular complexity index is 572. The molecule has 0 amide bonds. The van der Waals surface area contributed by atoms with E-state index in [2.05, 4.69) is 30.4 Å². The molecule has 3 rings (SSSR count). The average Bonchev–Trinajstić information content (AvgIpc) is 2.81. The minimum atomic E-state index is -0.135. The van der Waals surface area contributed by atoms with Crippen LogP contribution in [0.3, 0.4) is 0 Å². The van der Waals surface area contributed by atoms with Crippen molar-refractivity contribution in [3.63, 3.8) is 0 Å². The zero-order chi connectivity index (χ0) is 13.3. The van der Waals surface area contributed by atoms with Gasteiger partial charge in [0.05, 0.1) is 0 Å². The maximum atomic E-state index is 13.4. The summed E-state index contributed by atoms with van der Waals surface area (Å²) in [6.45, 7) is 4.06. The van der Waals surface area contributed by atoms with Gasteiger partial charge in [0.25, 0.3) is 0 Å². The lowest BCUT2D eigenvalue weighted by Crippen LogP contribution is -2.58. The molecule has 0 spiro atoms. The Labute approximate surface area is 117 Å². The van der Waals surface area contributed by atoms with E-state index < -0.39 is 0 Å². The van der Waals surface area contributed by atoms with Crippen molar-refractivity contribution in [1.82, 2.24) is 5.32 Å². The second kappa shape index (κ2) is 5.06. The van der Waals surface area contributed by atoms with Crippen LogP contribution in [-0.4, -0.2) is 13.1 Å². The zero-order valence-electron chi connectivity index (χ0n) is 11.1. The highest BCUT2D eigenvalue weighted by Gasteiger charge is 2.39. The number of rotatable bonds is 4. The van der Waals surface area contributed by atoms with Gasteiger partial charge in [-0.2, -0.15) is 0 Å². The highest BCUT2D eigenvalue weighted by atomic mass is 32.1. The van der Waals surface area contributed by atoms with Crippen LogP contribution in [0.25, 0.3) is 0 Å². The minimum Gasteiger partial charge on any atom is -0.315 e. The van der Waals surface area contributed by atoms with Crippen LogP contribution in [0.5, 0.6) is 0 Å². The van der Waals surface area contributed by atoms with Gasteiger partial charge in [-0.3, -0.25) is 0 Å². The first-order valence-corrected chi connectivity index (χ1v) is 7.58. The van der Waals surface area contributed by atoms with Gasteiger partial charge in [0, 0.05) is 28.3 Å². The third-order valence-corrected chi connectivity index (χ3v) is 5.17. The summed E-state index contributed by atoms with van der Waals surface area (Å²) in [5, 5.41) is 3.34. The van der Waals surface area contributed by atoms with Gasteiger partial charge < -0.3 is 5.32 Å². The Morgan fingerprint density at radius 3 is 2.58 bits per heavy atom. The molecule has 1 aliphatic rings. The van der Waals surface area contributed by atoms with Crippen molar-refractivity contribution in [2.45, 2.75) is 25.2 Å². The standard InChI is InChI=1S/C16H18FNS/c1-2-14-6-7-15(19-14)9-16(10-18-11-16)12-4-3-5-13(17)8-12/h3-8,18H,2,9-11H2,1H3. The molecule has 100 valence electrons. The van der Waals surface area contributed by atoms with E-state index in [1.807, 2.05) is 17.4 Å². The number of nitrogens with one attached hydrogen (secondary N) is 1. The summed E-state index contributed by atoms with van der Waals surface area (Å²) in [4.78, 5) is 2.83. The molecule has 1 aromatic carbocycles. The van der Waals surface area contributed by atoms with Crippen LogP contribution in [0.2, 0.25) is 0 Å². The Morgan fingerprint density at radius 1 is 1.21 bits per heavy atom. The second-order valence-corrected chi connectivity index (χ2v) is 6.55. The first-order chi connectivity index (χ1) is 9.22. The van der Waals surface area contributed by atoms with Gasteiger partial charge in [-0.25, -0.2) is 4.39 Å². The van der Waals surface area contributed by atoms with Gasteiger partial charge >= 0.3 is 0 Å². The SMILES string of the molecule is CCc1ccc(CC2(c3cccc(F)c3)CNC2)s1. The van der Waals surface area contributed by atoms with E-state index in [1.54, 1.807) is 6.07 Å². The predicted molar refractivity (Wildman–Crippen MR) is 78.3 cm³/mol. The minimum absolute atomic E-state index is 0.0813. The molecule has 2 aromatic rings.